The van der Waals surface area contributed by atoms with E-state index in [0.29, 0.717) is 11.6 Å². The number of carbonyl (C=O) groups excluding carboxylic acids is 1. The van der Waals surface area contributed by atoms with Crippen molar-refractivity contribution in [3.63, 3.8) is 0 Å². The molecule has 142 valence electrons. The van der Waals surface area contributed by atoms with Crippen LogP contribution < -0.4 is 5.32 Å². The van der Waals surface area contributed by atoms with Gasteiger partial charge < -0.3 is 10.2 Å². The van der Waals surface area contributed by atoms with E-state index in [-0.39, 0.29) is 23.4 Å². The molecular formula is C17H22ClN3O3S2. The SMILES string of the molecule is CN(C)C(CNC(=O)CN(C)S(=O)(=O)c1ccc(Cl)cc1)c1cccs1. The van der Waals surface area contributed by atoms with E-state index in [2.05, 4.69) is 5.32 Å². The fourth-order valence-corrected chi connectivity index (χ4v) is 4.53. The Labute approximate surface area is 163 Å². The monoisotopic (exact) mass is 415 g/mol. The number of halogens is 1. The van der Waals surface area contributed by atoms with E-state index >= 15 is 0 Å². The van der Waals surface area contributed by atoms with Gasteiger partial charge in [0.25, 0.3) is 0 Å². The number of nitrogens with one attached hydrogen (secondary N) is 1. The smallest absolute Gasteiger partial charge is 0.243 e. The van der Waals surface area contributed by atoms with Crippen molar-refractivity contribution in [2.24, 2.45) is 0 Å². The van der Waals surface area contributed by atoms with E-state index in [1.165, 1.54) is 31.3 Å². The van der Waals surface area contributed by atoms with Gasteiger partial charge in [-0.3, -0.25) is 4.79 Å². The Bertz CT molecular complexity index is 821. The van der Waals surface area contributed by atoms with Crippen molar-refractivity contribution in [1.29, 1.82) is 0 Å². The normalized spacial score (nSPS) is 13.2. The first-order valence-electron chi connectivity index (χ1n) is 7.90. The summed E-state index contributed by atoms with van der Waals surface area (Å²) in [5, 5.41) is 5.25. The van der Waals surface area contributed by atoms with Gasteiger partial charge in [0, 0.05) is 23.5 Å². The molecule has 1 N–H and O–H groups in total. The Morgan fingerprint density at radius 2 is 1.85 bits per heavy atom. The summed E-state index contributed by atoms with van der Waals surface area (Å²) in [5.74, 6) is -0.353. The molecule has 1 amide bonds. The molecule has 0 fully saturated rings. The summed E-state index contributed by atoms with van der Waals surface area (Å²) in [4.78, 5) is 15.5. The summed E-state index contributed by atoms with van der Waals surface area (Å²) >= 11 is 7.41. The first-order valence-corrected chi connectivity index (χ1v) is 10.6. The molecule has 6 nitrogen and oxygen atoms in total. The third-order valence-electron chi connectivity index (χ3n) is 3.88. The number of likely N-dealkylation sites (N-methyl/N-ethyl adjacent to an activating group) is 2. The maximum Gasteiger partial charge on any atom is 0.243 e. The highest BCUT2D eigenvalue weighted by Gasteiger charge is 2.23. The van der Waals surface area contributed by atoms with Crippen LogP contribution in [0.1, 0.15) is 10.9 Å². The van der Waals surface area contributed by atoms with E-state index in [1.807, 2.05) is 36.5 Å². The Kier molecular flexibility index (Phi) is 7.19. The highest BCUT2D eigenvalue weighted by molar-refractivity contribution is 7.89. The zero-order chi connectivity index (χ0) is 19.3. The number of nitrogens with zero attached hydrogens (tertiary/aromatic N) is 2. The number of benzene rings is 1. The molecule has 0 saturated heterocycles. The molecular weight excluding hydrogens is 394 g/mol. The van der Waals surface area contributed by atoms with Gasteiger partial charge in [0.05, 0.1) is 17.5 Å². The van der Waals surface area contributed by atoms with Gasteiger partial charge in [0.15, 0.2) is 0 Å². The van der Waals surface area contributed by atoms with Crippen molar-refractivity contribution >= 4 is 38.9 Å². The second-order valence-corrected chi connectivity index (χ2v) is 9.47. The minimum atomic E-state index is -3.74. The van der Waals surface area contributed by atoms with Gasteiger partial charge in [0.1, 0.15) is 0 Å². The largest absolute Gasteiger partial charge is 0.353 e. The first kappa shape index (κ1) is 20.9. The lowest BCUT2D eigenvalue weighted by molar-refractivity contribution is -0.121. The number of hydrogen-bond acceptors (Lipinski definition) is 5. The van der Waals surface area contributed by atoms with Crippen LogP contribution in [0.2, 0.25) is 5.02 Å². The lowest BCUT2D eigenvalue weighted by Gasteiger charge is -2.24. The van der Waals surface area contributed by atoms with Crippen LogP contribution in [0.15, 0.2) is 46.7 Å². The van der Waals surface area contributed by atoms with Crippen molar-refractivity contribution in [3.05, 3.63) is 51.7 Å². The summed E-state index contributed by atoms with van der Waals surface area (Å²) in [6.07, 6.45) is 0. The third-order valence-corrected chi connectivity index (χ3v) is 6.92. The topological polar surface area (TPSA) is 69.7 Å². The van der Waals surface area contributed by atoms with E-state index < -0.39 is 10.0 Å². The van der Waals surface area contributed by atoms with Crippen molar-refractivity contribution in [3.8, 4) is 0 Å². The van der Waals surface area contributed by atoms with Gasteiger partial charge in [-0.25, -0.2) is 8.42 Å². The maximum atomic E-state index is 12.5. The molecule has 0 saturated carbocycles. The predicted octanol–water partition coefficient (Wildman–Crippen LogP) is 2.44. The zero-order valence-corrected chi connectivity index (χ0v) is 17.2. The van der Waals surface area contributed by atoms with Gasteiger partial charge in [0.2, 0.25) is 15.9 Å². The van der Waals surface area contributed by atoms with E-state index in [1.54, 1.807) is 11.3 Å². The molecule has 1 aromatic heterocycles. The molecule has 1 unspecified atom stereocenters. The van der Waals surface area contributed by atoms with Crippen LogP contribution in [0, 0.1) is 0 Å². The molecule has 1 aromatic carbocycles. The Hall–Kier alpha value is -1.45. The first-order chi connectivity index (χ1) is 12.2. The Balaban J connectivity index is 1.97. The number of sulfonamides is 1. The predicted molar refractivity (Wildman–Crippen MR) is 105 cm³/mol. The van der Waals surface area contributed by atoms with E-state index in [9.17, 15) is 13.2 Å². The Morgan fingerprint density at radius 1 is 1.19 bits per heavy atom. The molecule has 0 aliphatic carbocycles. The van der Waals surface area contributed by atoms with Gasteiger partial charge in [-0.2, -0.15) is 4.31 Å². The highest BCUT2D eigenvalue weighted by Crippen LogP contribution is 2.22. The van der Waals surface area contributed by atoms with Crippen molar-refractivity contribution in [2.75, 3.05) is 34.2 Å². The van der Waals surface area contributed by atoms with Gasteiger partial charge in [-0.05, 0) is 49.8 Å². The van der Waals surface area contributed by atoms with E-state index in [4.69, 9.17) is 11.6 Å². The molecule has 0 radical (unpaired) electrons. The van der Waals surface area contributed by atoms with Crippen molar-refractivity contribution < 1.29 is 13.2 Å². The van der Waals surface area contributed by atoms with Crippen LogP contribution in [-0.2, 0) is 14.8 Å². The van der Waals surface area contributed by atoms with Crippen LogP contribution in [-0.4, -0.2) is 57.8 Å². The minimum absolute atomic E-state index is 0.0390. The minimum Gasteiger partial charge on any atom is -0.353 e. The molecule has 26 heavy (non-hydrogen) atoms. The second kappa shape index (κ2) is 8.96. The molecule has 0 aliphatic rings. The van der Waals surface area contributed by atoms with E-state index in [0.717, 1.165) is 9.18 Å². The van der Waals surface area contributed by atoms with Crippen molar-refractivity contribution in [1.82, 2.24) is 14.5 Å². The molecule has 9 heteroatoms. The van der Waals surface area contributed by atoms with Crippen LogP contribution in [0.4, 0.5) is 0 Å². The van der Waals surface area contributed by atoms with Gasteiger partial charge in [-0.15, -0.1) is 11.3 Å². The number of carbonyl (C=O) groups is 1. The number of hydrogen-bond donors (Lipinski definition) is 1. The van der Waals surface area contributed by atoms with Gasteiger partial charge in [-0.1, -0.05) is 17.7 Å². The molecule has 0 aliphatic heterocycles. The summed E-state index contributed by atoms with van der Waals surface area (Å²) in [6.45, 7) is 0.150. The molecule has 0 bridgehead atoms. The molecule has 1 heterocycles. The summed E-state index contributed by atoms with van der Waals surface area (Å²) in [7, 11) is 1.51. The fraction of sp³-hybridized carbons (Fsp3) is 0.353. The van der Waals surface area contributed by atoms with Crippen molar-refractivity contribution in [2.45, 2.75) is 10.9 Å². The molecule has 0 spiro atoms. The standard InChI is InChI=1S/C17H22ClN3O3S2/c1-20(2)15(16-5-4-10-25-16)11-19-17(22)12-21(3)26(23,24)14-8-6-13(18)7-9-14/h4-10,15H,11-12H2,1-3H3,(H,19,22). The van der Waals surface area contributed by atoms with Crippen LogP contribution in [0.25, 0.3) is 0 Å². The number of thiophene rings is 1. The van der Waals surface area contributed by atoms with Gasteiger partial charge >= 0.3 is 0 Å². The third kappa shape index (κ3) is 5.28. The van der Waals surface area contributed by atoms with Crippen LogP contribution in [0.3, 0.4) is 0 Å². The summed E-state index contributed by atoms with van der Waals surface area (Å²) < 4.78 is 26.0. The quantitative estimate of drug-likeness (QED) is 0.718. The fourth-order valence-electron chi connectivity index (χ4n) is 2.36. The average molecular weight is 416 g/mol. The molecule has 2 aromatic rings. The highest BCUT2D eigenvalue weighted by atomic mass is 35.5. The number of amides is 1. The summed E-state index contributed by atoms with van der Waals surface area (Å²) in [6, 6.07) is 9.87. The lowest BCUT2D eigenvalue weighted by atomic mass is 10.2. The zero-order valence-electron chi connectivity index (χ0n) is 14.8. The van der Waals surface area contributed by atoms with Crippen LogP contribution in [0.5, 0.6) is 0 Å². The average Bonchev–Trinajstić information content (AvgIpc) is 3.09. The molecule has 2 rings (SSSR count). The van der Waals surface area contributed by atoms with Crippen LogP contribution >= 0.6 is 22.9 Å². The maximum absolute atomic E-state index is 12.5. The Morgan fingerprint density at radius 3 is 2.38 bits per heavy atom. The summed E-state index contributed by atoms with van der Waals surface area (Å²) in [5.41, 5.74) is 0. The lowest BCUT2D eigenvalue weighted by Crippen LogP contribution is -2.41. The second-order valence-electron chi connectivity index (χ2n) is 6.01. The number of rotatable bonds is 8. The molecule has 1 atom stereocenters.